The number of hydrogen-bond acceptors (Lipinski definition) is 0. The zero-order chi connectivity index (χ0) is 2.00. The number of hydrogen-bond donors (Lipinski definition) is 0. The Balaban J connectivity index is -0.00000000500. The molecular formula is H4AlClF2. The first-order valence-electron chi connectivity index (χ1n) is 0.143. The predicted molar refractivity (Wildman–Crippen MR) is 19.4 cm³/mol. The highest BCUT2D eigenvalue weighted by atomic mass is 35.5. The van der Waals surface area contributed by atoms with Crippen molar-refractivity contribution in [3.8, 4) is 0 Å². The van der Waals surface area contributed by atoms with Crippen molar-refractivity contribution in [1.29, 1.82) is 0 Å². The minimum Gasteiger partial charge on any atom is -0.269 e. The lowest BCUT2D eigenvalue weighted by molar-refractivity contribution is 0.906. The Morgan fingerprint density at radius 3 is 1.25 bits per heavy atom. The summed E-state index contributed by atoms with van der Waals surface area (Å²) in [7, 11) is 0. The van der Waals surface area contributed by atoms with Gasteiger partial charge in [-0.3, -0.25) is 4.70 Å². The van der Waals surface area contributed by atoms with Gasteiger partial charge in [0.25, 0.3) is 0 Å². The molecule has 0 aromatic carbocycles. The van der Waals surface area contributed by atoms with Gasteiger partial charge in [-0.2, -0.15) is 0 Å². The molecule has 0 aromatic rings. The van der Waals surface area contributed by atoms with Crippen molar-refractivity contribution < 1.29 is 8.69 Å². The van der Waals surface area contributed by atoms with Crippen molar-refractivity contribution in [2.24, 2.45) is 0 Å². The predicted octanol–water partition coefficient (Wildman–Crippen LogP) is 0.0783. The van der Waals surface area contributed by atoms with E-state index in [-0.39, 0.29) is 22.1 Å². The monoisotopic (exact) mass is 104 g/mol. The molecule has 0 N–H and O–H groups in total. The van der Waals surface area contributed by atoms with Gasteiger partial charge in [-0.1, -0.05) is 0 Å². The van der Waals surface area contributed by atoms with E-state index in [1.54, 1.807) is 0 Å². The standard InChI is InChI=1S/Al.ClF.FH.3H/c;1-2;;;;/h;;1H;;;. The summed E-state index contributed by atoms with van der Waals surface area (Å²) in [5.74, 6) is 0. The summed E-state index contributed by atoms with van der Waals surface area (Å²) in [6, 6.07) is 0. The van der Waals surface area contributed by atoms with Crippen LogP contribution in [0.4, 0.5) is 8.69 Å². The van der Waals surface area contributed by atoms with Gasteiger partial charge in [0.15, 0.2) is 17.4 Å². The van der Waals surface area contributed by atoms with Crippen LogP contribution in [-0.2, 0) is 0 Å². The molecule has 0 rings (SSSR count). The summed E-state index contributed by atoms with van der Waals surface area (Å²) in [6.45, 7) is 0. The van der Waals surface area contributed by atoms with E-state index in [0.29, 0.717) is 0 Å². The molecule has 28 valence electrons. The zero-order valence-corrected chi connectivity index (χ0v) is 1.92. The molecule has 0 heterocycles. The third-order valence-electron chi connectivity index (χ3n) is 0. The third-order valence-corrected chi connectivity index (χ3v) is 0. The van der Waals surface area contributed by atoms with Gasteiger partial charge in [-0.05, 0) is 0 Å². The molecule has 0 atom stereocenters. The highest BCUT2D eigenvalue weighted by Gasteiger charge is 1.01. The Hall–Kier alpha value is 0.682. The van der Waals surface area contributed by atoms with Crippen LogP contribution in [0.1, 0.15) is 0 Å². The highest BCUT2D eigenvalue weighted by Crippen LogP contribution is 1.56. The molecule has 4 heteroatoms. The summed E-state index contributed by atoms with van der Waals surface area (Å²) in [6.07, 6.45) is 0. The van der Waals surface area contributed by atoms with Crippen LogP contribution in [0.3, 0.4) is 0 Å². The molecule has 0 fully saturated rings. The van der Waals surface area contributed by atoms with Gasteiger partial charge in [-0.15, -0.1) is 3.98 Å². The van der Waals surface area contributed by atoms with E-state index in [1.807, 2.05) is 0 Å². The van der Waals surface area contributed by atoms with Crippen molar-refractivity contribution in [3.63, 3.8) is 0 Å². The Kier molecular flexibility index (Phi) is 319. The summed E-state index contributed by atoms with van der Waals surface area (Å²) in [5.41, 5.74) is 0. The molecule has 0 aromatic heterocycles. The first-order valence-corrected chi connectivity index (χ1v) is 0.429. The fourth-order valence-electron chi connectivity index (χ4n) is 0. The lowest BCUT2D eigenvalue weighted by atomic mass is 18.9. The van der Waals surface area contributed by atoms with Crippen molar-refractivity contribution in [2.45, 2.75) is 0 Å². The smallest absolute Gasteiger partial charge is 0.187 e. The summed E-state index contributed by atoms with van der Waals surface area (Å²) >= 11 is 3.14. The van der Waals surface area contributed by atoms with E-state index in [4.69, 9.17) is 3.98 Å². The lowest BCUT2D eigenvalue weighted by Crippen LogP contribution is -0.454. The Morgan fingerprint density at radius 2 is 1.25 bits per heavy atom. The van der Waals surface area contributed by atoms with Crippen LogP contribution in [0.25, 0.3) is 0 Å². The van der Waals surface area contributed by atoms with Crippen LogP contribution in [0, 0.1) is 0 Å². The lowest BCUT2D eigenvalue weighted by Gasteiger charge is -1.01. The molecule has 0 saturated carbocycles. The maximum atomic E-state index is 8.97. The molecule has 0 saturated heterocycles. The molecule has 0 aliphatic carbocycles. The van der Waals surface area contributed by atoms with Gasteiger partial charge in [0, 0.05) is 0 Å². The molecule has 0 bridgehead atoms. The van der Waals surface area contributed by atoms with Crippen molar-refractivity contribution in [1.82, 2.24) is 0 Å². The second-order valence-electron chi connectivity index (χ2n) is 0. The van der Waals surface area contributed by atoms with E-state index >= 15 is 0 Å². The molecule has 0 aliphatic rings. The van der Waals surface area contributed by atoms with E-state index < -0.39 is 0 Å². The fourth-order valence-corrected chi connectivity index (χ4v) is 0. The van der Waals surface area contributed by atoms with Gasteiger partial charge in [-0.25, -0.2) is 0 Å². The normalized spacial score (nSPS) is 1.50. The fraction of sp³-hybridized carbons (Fsp3) is 0. The SMILES string of the molecule is F.FCl.[AlH3]. The zero-order valence-electron chi connectivity index (χ0n) is 1.16. The van der Waals surface area contributed by atoms with E-state index in [2.05, 4.69) is 12.0 Å². The van der Waals surface area contributed by atoms with Crippen LogP contribution >= 0.6 is 12.0 Å². The molecule has 0 aliphatic heterocycles. The first kappa shape index (κ1) is 22.4. The van der Waals surface area contributed by atoms with Gasteiger partial charge >= 0.3 is 0 Å². The molecule has 0 amide bonds. The second-order valence-corrected chi connectivity index (χ2v) is 0. The molecule has 0 spiro atoms. The minimum absolute atomic E-state index is 0. The van der Waals surface area contributed by atoms with E-state index in [0.717, 1.165) is 0 Å². The van der Waals surface area contributed by atoms with Crippen molar-refractivity contribution in [2.75, 3.05) is 0 Å². The quantitative estimate of drug-likeness (QED) is 0.382. The van der Waals surface area contributed by atoms with E-state index in [9.17, 15) is 0 Å². The average molecular weight is 104 g/mol. The van der Waals surface area contributed by atoms with Crippen LogP contribution < -0.4 is 0 Å². The first-order chi connectivity index (χ1) is 1.00. The largest absolute Gasteiger partial charge is 0.269 e. The van der Waals surface area contributed by atoms with Crippen molar-refractivity contribution >= 4 is 29.3 Å². The van der Waals surface area contributed by atoms with Crippen molar-refractivity contribution in [3.05, 3.63) is 0 Å². The van der Waals surface area contributed by atoms with Crippen LogP contribution in [0.2, 0.25) is 0 Å². The Bertz CT molecular complexity index is 6.00. The molecule has 0 unspecified atom stereocenters. The molecule has 4 heavy (non-hydrogen) atoms. The molecular weight excluding hydrogens is 100 g/mol. The number of rotatable bonds is 0. The molecule has 0 nitrogen and oxygen atoms in total. The minimum atomic E-state index is 0. The summed E-state index contributed by atoms with van der Waals surface area (Å²) in [4.78, 5) is 0. The van der Waals surface area contributed by atoms with Crippen LogP contribution in [0.5, 0.6) is 0 Å². The van der Waals surface area contributed by atoms with Gasteiger partial charge in [0.2, 0.25) is 0 Å². The Labute approximate surface area is 38.7 Å². The maximum Gasteiger partial charge on any atom is 0.187 e. The second kappa shape index (κ2) is 56.9. The van der Waals surface area contributed by atoms with E-state index in [1.165, 1.54) is 0 Å². The molecule has 0 radical (unpaired) electrons. The third kappa shape index (κ3) is 16.3. The summed E-state index contributed by atoms with van der Waals surface area (Å²) in [5, 5.41) is 0. The van der Waals surface area contributed by atoms with Gasteiger partial charge in [0.1, 0.15) is 12.0 Å². The average Bonchev–Trinajstić information content (AvgIpc) is 1.00. The summed E-state index contributed by atoms with van der Waals surface area (Å²) < 4.78 is 8.97. The van der Waals surface area contributed by atoms with Gasteiger partial charge < -0.3 is 0 Å². The van der Waals surface area contributed by atoms with Gasteiger partial charge in [0.05, 0.1) is 0 Å². The maximum absolute atomic E-state index is 8.97. The van der Waals surface area contributed by atoms with Crippen LogP contribution in [0.15, 0.2) is 0 Å². The highest BCUT2D eigenvalue weighted by molar-refractivity contribution is 6.06. The topological polar surface area (TPSA) is 0 Å². The van der Waals surface area contributed by atoms with Crippen LogP contribution in [-0.4, -0.2) is 17.4 Å². The number of halogens is 3. The Morgan fingerprint density at radius 1 is 1.25 bits per heavy atom.